The monoisotopic (exact) mass is 228 g/mol. The highest BCUT2D eigenvalue weighted by molar-refractivity contribution is 7.80. The molecule has 0 atom stereocenters. The van der Waals surface area contributed by atoms with Gasteiger partial charge in [-0.05, 0) is 23.8 Å². The molecular formula is C11H13ClOS. The van der Waals surface area contributed by atoms with E-state index in [1.165, 1.54) is 5.56 Å². The number of benzene rings is 1. The Morgan fingerprint density at radius 3 is 2.57 bits per heavy atom. The molecule has 0 unspecified atom stereocenters. The first-order chi connectivity index (χ1) is 6.78. The average molecular weight is 229 g/mol. The van der Waals surface area contributed by atoms with Crippen LogP contribution in [0.4, 0.5) is 0 Å². The molecule has 0 bridgehead atoms. The normalized spacial score (nSPS) is 19.0. The van der Waals surface area contributed by atoms with Crippen LogP contribution in [0.15, 0.2) is 24.3 Å². The molecule has 1 saturated heterocycles. The fourth-order valence-electron chi connectivity index (χ4n) is 1.89. The summed E-state index contributed by atoms with van der Waals surface area (Å²) >= 11 is 10.5. The third-order valence-electron chi connectivity index (χ3n) is 2.79. The highest BCUT2D eigenvalue weighted by Gasteiger charge is 2.40. The summed E-state index contributed by atoms with van der Waals surface area (Å²) in [5.41, 5.74) is 1.34. The standard InChI is InChI=1S/C11H13ClOS/c12-10-4-2-1-3-9(10)11(5-6-14)7-13-8-11/h1-4,14H,5-8H2. The Hall–Kier alpha value is -0.180. The summed E-state index contributed by atoms with van der Waals surface area (Å²) in [5.74, 6) is 0.870. The van der Waals surface area contributed by atoms with Crippen molar-refractivity contribution in [1.29, 1.82) is 0 Å². The van der Waals surface area contributed by atoms with E-state index in [9.17, 15) is 0 Å². The van der Waals surface area contributed by atoms with Crippen molar-refractivity contribution in [2.75, 3.05) is 19.0 Å². The number of hydrogen-bond acceptors (Lipinski definition) is 2. The van der Waals surface area contributed by atoms with Crippen LogP contribution in [-0.2, 0) is 10.2 Å². The second-order valence-electron chi connectivity index (χ2n) is 3.73. The molecular weight excluding hydrogens is 216 g/mol. The highest BCUT2D eigenvalue weighted by atomic mass is 35.5. The Morgan fingerprint density at radius 2 is 2.07 bits per heavy atom. The maximum atomic E-state index is 6.18. The average Bonchev–Trinajstić information content (AvgIpc) is 2.13. The van der Waals surface area contributed by atoms with Crippen LogP contribution in [0.25, 0.3) is 0 Å². The molecule has 0 amide bonds. The van der Waals surface area contributed by atoms with Crippen molar-refractivity contribution in [3.8, 4) is 0 Å². The summed E-state index contributed by atoms with van der Waals surface area (Å²) in [6.45, 7) is 1.55. The third-order valence-corrected chi connectivity index (χ3v) is 3.35. The van der Waals surface area contributed by atoms with Crippen molar-refractivity contribution < 1.29 is 4.74 Å². The van der Waals surface area contributed by atoms with E-state index in [-0.39, 0.29) is 5.41 Å². The Labute approximate surface area is 94.8 Å². The molecule has 0 aliphatic carbocycles. The van der Waals surface area contributed by atoms with E-state index in [0.717, 1.165) is 30.4 Å². The minimum absolute atomic E-state index is 0.125. The molecule has 76 valence electrons. The van der Waals surface area contributed by atoms with Crippen LogP contribution in [0.5, 0.6) is 0 Å². The van der Waals surface area contributed by atoms with Gasteiger partial charge in [0.2, 0.25) is 0 Å². The maximum Gasteiger partial charge on any atom is 0.0586 e. The van der Waals surface area contributed by atoms with Crippen molar-refractivity contribution in [3.05, 3.63) is 34.9 Å². The number of thiol groups is 1. The second-order valence-corrected chi connectivity index (χ2v) is 4.58. The van der Waals surface area contributed by atoms with Crippen LogP contribution in [-0.4, -0.2) is 19.0 Å². The zero-order valence-electron chi connectivity index (χ0n) is 7.87. The lowest BCUT2D eigenvalue weighted by atomic mass is 9.76. The van der Waals surface area contributed by atoms with Crippen molar-refractivity contribution in [1.82, 2.24) is 0 Å². The van der Waals surface area contributed by atoms with Crippen LogP contribution in [0.1, 0.15) is 12.0 Å². The van der Waals surface area contributed by atoms with Crippen molar-refractivity contribution in [2.45, 2.75) is 11.8 Å². The summed E-state index contributed by atoms with van der Waals surface area (Å²) in [5, 5.41) is 0.845. The van der Waals surface area contributed by atoms with E-state index >= 15 is 0 Å². The van der Waals surface area contributed by atoms with Crippen LogP contribution < -0.4 is 0 Å². The van der Waals surface area contributed by atoms with Crippen molar-refractivity contribution >= 4 is 24.2 Å². The van der Waals surface area contributed by atoms with Gasteiger partial charge in [0.1, 0.15) is 0 Å². The van der Waals surface area contributed by atoms with E-state index in [0.29, 0.717) is 0 Å². The van der Waals surface area contributed by atoms with Gasteiger partial charge in [-0.25, -0.2) is 0 Å². The Kier molecular flexibility index (Phi) is 3.05. The fourth-order valence-corrected chi connectivity index (χ4v) is 2.65. The van der Waals surface area contributed by atoms with Gasteiger partial charge in [-0.15, -0.1) is 0 Å². The van der Waals surface area contributed by atoms with Gasteiger partial charge in [-0.1, -0.05) is 29.8 Å². The zero-order chi connectivity index (χ0) is 10.0. The van der Waals surface area contributed by atoms with Gasteiger partial charge in [0, 0.05) is 10.4 Å². The lowest BCUT2D eigenvalue weighted by Crippen LogP contribution is -2.47. The van der Waals surface area contributed by atoms with Gasteiger partial charge < -0.3 is 4.74 Å². The first-order valence-corrected chi connectivity index (χ1v) is 5.73. The van der Waals surface area contributed by atoms with Crippen molar-refractivity contribution in [3.63, 3.8) is 0 Å². The quantitative estimate of drug-likeness (QED) is 0.783. The van der Waals surface area contributed by atoms with Gasteiger partial charge in [-0.2, -0.15) is 12.6 Å². The molecule has 1 nitrogen and oxygen atoms in total. The van der Waals surface area contributed by atoms with Gasteiger partial charge in [0.15, 0.2) is 0 Å². The largest absolute Gasteiger partial charge is 0.379 e. The maximum absolute atomic E-state index is 6.18. The predicted molar refractivity (Wildman–Crippen MR) is 62.4 cm³/mol. The minimum Gasteiger partial charge on any atom is -0.379 e. The van der Waals surface area contributed by atoms with E-state index in [1.54, 1.807) is 0 Å². The molecule has 14 heavy (non-hydrogen) atoms. The third kappa shape index (κ3) is 1.67. The minimum atomic E-state index is 0.125. The van der Waals surface area contributed by atoms with Gasteiger partial charge >= 0.3 is 0 Å². The molecule has 0 saturated carbocycles. The SMILES string of the molecule is SCCC1(c2ccccc2Cl)COC1. The van der Waals surface area contributed by atoms with Crippen LogP contribution >= 0.6 is 24.2 Å². The first-order valence-electron chi connectivity index (χ1n) is 4.72. The van der Waals surface area contributed by atoms with E-state index in [1.807, 2.05) is 18.2 Å². The molecule has 3 heteroatoms. The summed E-state index contributed by atoms with van der Waals surface area (Å²) in [4.78, 5) is 0. The molecule has 1 aromatic carbocycles. The molecule has 1 fully saturated rings. The van der Waals surface area contributed by atoms with Gasteiger partial charge in [0.25, 0.3) is 0 Å². The number of halogens is 1. The van der Waals surface area contributed by atoms with Crippen LogP contribution in [0, 0.1) is 0 Å². The molecule has 2 rings (SSSR count). The van der Waals surface area contributed by atoms with Crippen molar-refractivity contribution in [2.24, 2.45) is 0 Å². The summed E-state index contributed by atoms with van der Waals surface area (Å²) < 4.78 is 5.31. The fraction of sp³-hybridized carbons (Fsp3) is 0.455. The lowest BCUT2D eigenvalue weighted by Gasteiger charge is -2.42. The molecule has 1 aliphatic heterocycles. The van der Waals surface area contributed by atoms with Crippen LogP contribution in [0.2, 0.25) is 5.02 Å². The summed E-state index contributed by atoms with van der Waals surface area (Å²) in [7, 11) is 0. The second kappa shape index (κ2) is 4.13. The zero-order valence-corrected chi connectivity index (χ0v) is 9.52. The molecule has 1 heterocycles. The molecule has 0 radical (unpaired) electrons. The van der Waals surface area contributed by atoms with E-state index < -0.39 is 0 Å². The van der Waals surface area contributed by atoms with Gasteiger partial charge in [0.05, 0.1) is 13.2 Å². The molecule has 1 aromatic rings. The number of rotatable bonds is 3. The Bertz CT molecular complexity index is 323. The number of hydrogen-bond donors (Lipinski definition) is 1. The summed E-state index contributed by atoms with van der Waals surface area (Å²) in [6.07, 6.45) is 1.03. The molecule has 1 aliphatic rings. The molecule has 0 spiro atoms. The Morgan fingerprint density at radius 1 is 1.36 bits per heavy atom. The summed E-state index contributed by atoms with van der Waals surface area (Å²) in [6, 6.07) is 8.02. The predicted octanol–water partition coefficient (Wildman–Crippen LogP) is 2.93. The number of ether oxygens (including phenoxy) is 1. The lowest BCUT2D eigenvalue weighted by molar-refractivity contribution is -0.0613. The highest BCUT2D eigenvalue weighted by Crippen LogP contribution is 2.39. The Balaban J connectivity index is 2.32. The van der Waals surface area contributed by atoms with E-state index in [4.69, 9.17) is 16.3 Å². The molecule has 0 aromatic heterocycles. The van der Waals surface area contributed by atoms with Crippen LogP contribution in [0.3, 0.4) is 0 Å². The van der Waals surface area contributed by atoms with E-state index in [2.05, 4.69) is 18.7 Å². The molecule has 0 N–H and O–H groups in total. The topological polar surface area (TPSA) is 9.23 Å². The van der Waals surface area contributed by atoms with Gasteiger partial charge in [-0.3, -0.25) is 0 Å². The smallest absolute Gasteiger partial charge is 0.0586 e. The first kappa shape index (κ1) is 10.3.